The third-order valence-electron chi connectivity index (χ3n) is 5.10. The number of carbonyl (C=O) groups excluding carboxylic acids is 1. The minimum absolute atomic E-state index is 0.0339. The molecular weight excluding hydrogens is 484 g/mol. The van der Waals surface area contributed by atoms with Crippen LogP contribution in [0.3, 0.4) is 0 Å². The van der Waals surface area contributed by atoms with Gasteiger partial charge in [0, 0.05) is 30.7 Å². The second-order valence-corrected chi connectivity index (χ2v) is 9.24. The van der Waals surface area contributed by atoms with E-state index in [2.05, 4.69) is 5.32 Å². The topological polar surface area (TPSA) is 115 Å². The van der Waals surface area contributed by atoms with Crippen LogP contribution in [0.4, 0.5) is 5.82 Å². The Bertz CT molecular complexity index is 1300. The number of hydrogen-bond donors (Lipinski definition) is 2. The number of nitrogens with one attached hydrogen (secondary N) is 1. The number of thiocarbonyl (C=S) groups is 1. The van der Waals surface area contributed by atoms with Crippen LogP contribution in [0.1, 0.15) is 28.7 Å². The van der Waals surface area contributed by atoms with Crippen LogP contribution < -0.4 is 10.9 Å². The number of nitrogens with zero attached hydrogens (tertiary/aromatic N) is 3. The average molecular weight is 503 g/mol. The van der Waals surface area contributed by atoms with E-state index in [1.807, 2.05) is 24.3 Å². The molecule has 1 fully saturated rings. The van der Waals surface area contributed by atoms with Gasteiger partial charge in [0.1, 0.15) is 21.8 Å². The van der Waals surface area contributed by atoms with Gasteiger partial charge in [0.25, 0.3) is 11.5 Å². The first-order chi connectivity index (χ1) is 15.6. The van der Waals surface area contributed by atoms with E-state index in [0.29, 0.717) is 28.5 Å². The predicted molar refractivity (Wildman–Crippen MR) is 132 cm³/mol. The first-order valence-corrected chi connectivity index (χ1v) is 11.3. The summed E-state index contributed by atoms with van der Waals surface area (Å²) in [7, 11) is 1.53. The molecule has 0 aliphatic carbocycles. The number of thioether (sulfide) groups is 1. The number of rotatable bonds is 7. The first kappa shape index (κ1) is 24.5. The van der Waals surface area contributed by atoms with Crippen molar-refractivity contribution in [2.24, 2.45) is 7.05 Å². The summed E-state index contributed by atoms with van der Waals surface area (Å²) in [5.74, 6) is -1.05. The summed E-state index contributed by atoms with van der Waals surface area (Å²) in [4.78, 5) is 38.0. The largest absolute Gasteiger partial charge is 0.481 e. The Balaban J connectivity index is 2.06. The zero-order valence-corrected chi connectivity index (χ0v) is 20.1. The van der Waals surface area contributed by atoms with Crippen LogP contribution in [0.25, 0.3) is 6.08 Å². The lowest BCUT2D eigenvalue weighted by Crippen LogP contribution is -2.30. The highest BCUT2D eigenvalue weighted by atomic mass is 35.5. The second-order valence-electron chi connectivity index (χ2n) is 7.16. The predicted octanol–water partition coefficient (Wildman–Crippen LogP) is 3.51. The Kier molecular flexibility index (Phi) is 7.58. The number of aromatic nitrogens is 1. The highest BCUT2D eigenvalue weighted by Crippen LogP contribution is 2.35. The molecule has 2 aromatic rings. The van der Waals surface area contributed by atoms with Crippen molar-refractivity contribution in [2.45, 2.75) is 19.9 Å². The Hall–Kier alpha value is -3.13. The number of anilines is 1. The number of carboxylic acids is 1. The fourth-order valence-electron chi connectivity index (χ4n) is 3.30. The summed E-state index contributed by atoms with van der Waals surface area (Å²) in [6.07, 6.45) is 1.34. The maximum absolute atomic E-state index is 12.9. The van der Waals surface area contributed by atoms with Gasteiger partial charge < -0.3 is 10.4 Å². The Morgan fingerprint density at radius 2 is 2.06 bits per heavy atom. The molecule has 0 unspecified atom stereocenters. The zero-order valence-electron chi connectivity index (χ0n) is 17.7. The maximum Gasteiger partial charge on any atom is 0.305 e. The molecule has 0 radical (unpaired) electrons. The molecule has 2 heterocycles. The van der Waals surface area contributed by atoms with Crippen molar-refractivity contribution in [3.05, 3.63) is 66.8 Å². The number of amides is 1. The van der Waals surface area contributed by atoms with Gasteiger partial charge in [0.2, 0.25) is 0 Å². The van der Waals surface area contributed by atoms with Gasteiger partial charge in [-0.1, -0.05) is 53.8 Å². The summed E-state index contributed by atoms with van der Waals surface area (Å²) >= 11 is 12.5. The molecule has 1 saturated heterocycles. The summed E-state index contributed by atoms with van der Waals surface area (Å²) in [5, 5.41) is 22.2. The Morgan fingerprint density at radius 3 is 2.70 bits per heavy atom. The molecule has 11 heteroatoms. The smallest absolute Gasteiger partial charge is 0.305 e. The van der Waals surface area contributed by atoms with Crippen molar-refractivity contribution in [1.29, 1.82) is 5.26 Å². The van der Waals surface area contributed by atoms with E-state index in [0.717, 1.165) is 17.3 Å². The standard InChI is InChI=1S/C22H19ClN4O4S2/c1-12-14(9-17-21(31)27(22(32)33-17)8-7-18(28)29)19(26(2)20(30)15(12)10-24)25-11-13-5-3-4-6-16(13)23/h3-6,9,25H,7-8,11H2,1-2H3,(H,28,29)/b17-9+. The number of benzene rings is 1. The molecule has 0 bridgehead atoms. The molecule has 33 heavy (non-hydrogen) atoms. The van der Waals surface area contributed by atoms with E-state index in [9.17, 15) is 19.6 Å². The van der Waals surface area contributed by atoms with E-state index in [4.69, 9.17) is 28.9 Å². The van der Waals surface area contributed by atoms with Gasteiger partial charge in [-0.3, -0.25) is 23.9 Å². The highest BCUT2D eigenvalue weighted by Gasteiger charge is 2.33. The van der Waals surface area contributed by atoms with Crippen LogP contribution >= 0.6 is 35.6 Å². The number of carbonyl (C=O) groups is 2. The van der Waals surface area contributed by atoms with E-state index < -0.39 is 17.4 Å². The normalized spacial score (nSPS) is 14.6. The lowest BCUT2D eigenvalue weighted by atomic mass is 10.0. The summed E-state index contributed by atoms with van der Waals surface area (Å²) < 4.78 is 1.57. The molecule has 170 valence electrons. The van der Waals surface area contributed by atoms with E-state index in [1.54, 1.807) is 19.1 Å². The third kappa shape index (κ3) is 5.11. The van der Waals surface area contributed by atoms with Gasteiger partial charge in [0.05, 0.1) is 11.3 Å². The van der Waals surface area contributed by atoms with E-state index in [-0.39, 0.29) is 27.8 Å². The summed E-state index contributed by atoms with van der Waals surface area (Å²) in [6.45, 7) is 1.90. The molecule has 0 atom stereocenters. The molecule has 1 aliphatic rings. The molecule has 3 rings (SSSR count). The Labute approximate surface area is 204 Å². The second kappa shape index (κ2) is 10.2. The van der Waals surface area contributed by atoms with Crippen molar-refractivity contribution in [2.75, 3.05) is 11.9 Å². The van der Waals surface area contributed by atoms with Crippen molar-refractivity contribution in [3.8, 4) is 6.07 Å². The minimum Gasteiger partial charge on any atom is -0.481 e. The number of hydrogen-bond acceptors (Lipinski definition) is 7. The molecule has 0 spiro atoms. The van der Waals surface area contributed by atoms with Crippen LogP contribution in [0.5, 0.6) is 0 Å². The van der Waals surface area contributed by atoms with Gasteiger partial charge in [-0.2, -0.15) is 5.26 Å². The van der Waals surface area contributed by atoms with Crippen LogP contribution in [0.2, 0.25) is 5.02 Å². The Morgan fingerprint density at radius 1 is 1.36 bits per heavy atom. The number of carboxylic acid groups (broad SMARTS) is 1. The van der Waals surface area contributed by atoms with Gasteiger partial charge in [0.15, 0.2) is 0 Å². The van der Waals surface area contributed by atoms with Crippen molar-refractivity contribution in [1.82, 2.24) is 9.47 Å². The fraction of sp³-hybridized carbons (Fsp3) is 0.227. The molecule has 1 amide bonds. The third-order valence-corrected chi connectivity index (χ3v) is 6.85. The lowest BCUT2D eigenvalue weighted by molar-refractivity contribution is -0.137. The first-order valence-electron chi connectivity index (χ1n) is 9.73. The molecular formula is C22H19ClN4O4S2. The van der Waals surface area contributed by atoms with E-state index in [1.165, 1.54) is 16.5 Å². The minimum atomic E-state index is -1.04. The van der Waals surface area contributed by atoms with Crippen LogP contribution in [-0.2, 0) is 23.2 Å². The van der Waals surface area contributed by atoms with Crippen LogP contribution in [0.15, 0.2) is 34.0 Å². The molecule has 1 aromatic carbocycles. The molecule has 1 aromatic heterocycles. The monoisotopic (exact) mass is 502 g/mol. The van der Waals surface area contributed by atoms with Crippen molar-refractivity contribution >= 4 is 63.7 Å². The SMILES string of the molecule is Cc1c(/C=C2/SC(=S)N(CCC(=O)O)C2=O)c(NCc2ccccc2Cl)n(C)c(=O)c1C#N. The zero-order chi connectivity index (χ0) is 24.3. The molecule has 8 nitrogen and oxygen atoms in total. The summed E-state index contributed by atoms with van der Waals surface area (Å²) in [5.41, 5.74) is 1.20. The number of aliphatic carboxylic acids is 1. The molecule has 2 N–H and O–H groups in total. The number of pyridine rings is 1. The van der Waals surface area contributed by atoms with Gasteiger partial charge in [-0.25, -0.2) is 0 Å². The van der Waals surface area contributed by atoms with Gasteiger partial charge in [-0.15, -0.1) is 0 Å². The lowest BCUT2D eigenvalue weighted by Gasteiger charge is -2.18. The number of nitriles is 1. The fourth-order valence-corrected chi connectivity index (χ4v) is 4.79. The van der Waals surface area contributed by atoms with E-state index >= 15 is 0 Å². The van der Waals surface area contributed by atoms with Crippen molar-refractivity contribution < 1.29 is 14.7 Å². The summed E-state index contributed by atoms with van der Waals surface area (Å²) in [6, 6.07) is 9.19. The maximum atomic E-state index is 12.9. The van der Waals surface area contributed by atoms with Crippen molar-refractivity contribution in [3.63, 3.8) is 0 Å². The van der Waals surface area contributed by atoms with Crippen LogP contribution in [-0.4, -0.2) is 37.3 Å². The number of halogens is 1. The van der Waals surface area contributed by atoms with Gasteiger partial charge in [-0.05, 0) is 30.2 Å². The van der Waals surface area contributed by atoms with Crippen LogP contribution in [0, 0.1) is 18.3 Å². The van der Waals surface area contributed by atoms with Gasteiger partial charge >= 0.3 is 5.97 Å². The average Bonchev–Trinajstić information content (AvgIpc) is 3.04. The molecule has 1 aliphatic heterocycles. The quantitative estimate of drug-likeness (QED) is 0.436. The molecule has 0 saturated carbocycles. The highest BCUT2D eigenvalue weighted by molar-refractivity contribution is 8.26.